The lowest BCUT2D eigenvalue weighted by Gasteiger charge is -2.09. The lowest BCUT2D eigenvalue weighted by atomic mass is 10.3. The summed E-state index contributed by atoms with van der Waals surface area (Å²) in [6.07, 6.45) is 3.18. The Balaban J connectivity index is 1.74. The third kappa shape index (κ3) is 2.17. The molecule has 1 saturated carbocycles. The molecular formula is C12H14FN5O2. The molecule has 2 heterocycles. The van der Waals surface area contributed by atoms with Gasteiger partial charge in [0.1, 0.15) is 17.5 Å². The highest BCUT2D eigenvalue weighted by atomic mass is 19.1. The number of halogens is 1. The zero-order valence-corrected chi connectivity index (χ0v) is 10.9. The Morgan fingerprint density at radius 1 is 1.60 bits per heavy atom. The molecule has 2 aromatic heterocycles. The average molecular weight is 279 g/mol. The fourth-order valence-corrected chi connectivity index (χ4v) is 2.27. The zero-order valence-electron chi connectivity index (χ0n) is 10.9. The van der Waals surface area contributed by atoms with E-state index in [4.69, 9.17) is 10.5 Å². The Labute approximate surface area is 114 Å². The molecule has 1 fully saturated rings. The van der Waals surface area contributed by atoms with E-state index in [2.05, 4.69) is 15.0 Å². The van der Waals surface area contributed by atoms with Crippen molar-refractivity contribution in [2.24, 2.45) is 5.92 Å². The number of hydrogen-bond acceptors (Lipinski definition) is 6. The van der Waals surface area contributed by atoms with E-state index in [9.17, 15) is 9.18 Å². The number of aromatic nitrogens is 4. The third-order valence-electron chi connectivity index (χ3n) is 3.51. The Morgan fingerprint density at radius 3 is 3.15 bits per heavy atom. The molecule has 2 aromatic rings. The number of carbonyl (C=O) groups is 1. The number of imidazole rings is 1. The van der Waals surface area contributed by atoms with Crippen LogP contribution < -0.4 is 5.73 Å². The average Bonchev–Trinajstić information content (AvgIpc) is 2.84. The molecule has 0 bridgehead atoms. The quantitative estimate of drug-likeness (QED) is 0.828. The van der Waals surface area contributed by atoms with Crippen LogP contribution in [-0.2, 0) is 16.1 Å². The summed E-state index contributed by atoms with van der Waals surface area (Å²) in [5.74, 6) is -0.398. The molecule has 8 heteroatoms. The number of nitrogens with two attached hydrogens (primary N) is 1. The number of hydrogen-bond donors (Lipinski definition) is 1. The van der Waals surface area contributed by atoms with Crippen LogP contribution in [0.25, 0.3) is 11.2 Å². The van der Waals surface area contributed by atoms with E-state index in [1.54, 1.807) is 4.57 Å². The second-order valence-corrected chi connectivity index (χ2v) is 5.04. The van der Waals surface area contributed by atoms with Gasteiger partial charge in [-0.1, -0.05) is 0 Å². The van der Waals surface area contributed by atoms with Crippen LogP contribution in [0.2, 0.25) is 0 Å². The van der Waals surface area contributed by atoms with Crippen molar-refractivity contribution >= 4 is 23.0 Å². The summed E-state index contributed by atoms with van der Waals surface area (Å²) in [5.41, 5.74) is 5.27. The minimum Gasteiger partial charge on any atom is -0.465 e. The van der Waals surface area contributed by atoms with Gasteiger partial charge in [0.25, 0.3) is 0 Å². The number of esters is 1. The minimum absolute atomic E-state index is 0.107. The van der Waals surface area contributed by atoms with Gasteiger partial charge < -0.3 is 15.0 Å². The number of nitrogens with zero attached hydrogens (tertiary/aromatic N) is 4. The smallest absolute Gasteiger partial charge is 0.302 e. The Kier molecular flexibility index (Phi) is 2.81. The molecule has 2 atom stereocenters. The summed E-state index contributed by atoms with van der Waals surface area (Å²) in [7, 11) is 0. The van der Waals surface area contributed by atoms with Gasteiger partial charge in [0.15, 0.2) is 11.5 Å². The largest absolute Gasteiger partial charge is 0.465 e. The molecule has 106 valence electrons. The van der Waals surface area contributed by atoms with E-state index < -0.39 is 11.6 Å². The lowest BCUT2D eigenvalue weighted by molar-refractivity contribution is -0.141. The number of ether oxygens (including phenoxy) is 1. The number of rotatable bonds is 4. The molecule has 0 radical (unpaired) electrons. The van der Waals surface area contributed by atoms with Crippen molar-refractivity contribution in [1.82, 2.24) is 19.5 Å². The number of anilines is 1. The maximum Gasteiger partial charge on any atom is 0.302 e. The normalized spacial score (nSPS) is 24.8. The monoisotopic (exact) mass is 279 g/mol. The predicted molar refractivity (Wildman–Crippen MR) is 68.3 cm³/mol. The third-order valence-corrected chi connectivity index (χ3v) is 3.51. The first-order valence-electron chi connectivity index (χ1n) is 6.23. The number of fused-ring (bicyclic) bond motifs is 1. The molecule has 1 aliphatic carbocycles. The number of carbonyl (C=O) groups excluding carboxylic acids is 1. The maximum atomic E-state index is 14.5. The van der Waals surface area contributed by atoms with Crippen LogP contribution in [0.3, 0.4) is 0 Å². The van der Waals surface area contributed by atoms with Crippen molar-refractivity contribution in [2.75, 3.05) is 12.3 Å². The number of nitrogen functional groups attached to an aromatic ring is 1. The highest BCUT2D eigenvalue weighted by molar-refractivity contribution is 5.81. The van der Waals surface area contributed by atoms with Gasteiger partial charge in [-0.2, -0.15) is 0 Å². The molecule has 0 aliphatic heterocycles. The summed E-state index contributed by atoms with van der Waals surface area (Å²) in [5, 5.41) is 0. The topological polar surface area (TPSA) is 95.9 Å². The van der Waals surface area contributed by atoms with Crippen LogP contribution >= 0.6 is 0 Å². The summed E-state index contributed by atoms with van der Waals surface area (Å²) >= 11 is 0. The Bertz CT molecular complexity index is 673. The van der Waals surface area contributed by atoms with Crippen molar-refractivity contribution in [3.05, 3.63) is 12.7 Å². The van der Waals surface area contributed by atoms with Gasteiger partial charge in [-0.05, 0) is 6.42 Å². The van der Waals surface area contributed by atoms with Crippen LogP contribution in [0.5, 0.6) is 0 Å². The summed E-state index contributed by atoms with van der Waals surface area (Å²) in [6, 6.07) is 0. The lowest BCUT2D eigenvalue weighted by Crippen LogP contribution is -2.17. The SMILES string of the molecule is CC(=O)OC[C@@H]1C[C@]1(F)Cn1cnc2c(N)ncnc21. The van der Waals surface area contributed by atoms with Gasteiger partial charge in [0, 0.05) is 12.8 Å². The van der Waals surface area contributed by atoms with Crippen molar-refractivity contribution in [2.45, 2.75) is 25.6 Å². The van der Waals surface area contributed by atoms with E-state index in [-0.39, 0.29) is 24.9 Å². The maximum absolute atomic E-state index is 14.5. The second-order valence-electron chi connectivity index (χ2n) is 5.04. The molecule has 20 heavy (non-hydrogen) atoms. The highest BCUT2D eigenvalue weighted by Gasteiger charge is 2.56. The molecule has 2 N–H and O–H groups in total. The van der Waals surface area contributed by atoms with Crippen LogP contribution in [0.4, 0.5) is 10.2 Å². The molecule has 0 unspecified atom stereocenters. The Hall–Kier alpha value is -2.25. The van der Waals surface area contributed by atoms with E-state index in [1.807, 2.05) is 0 Å². The van der Waals surface area contributed by atoms with E-state index in [1.165, 1.54) is 19.6 Å². The molecule has 0 spiro atoms. The summed E-state index contributed by atoms with van der Waals surface area (Å²) < 4.78 is 20.9. The van der Waals surface area contributed by atoms with Crippen molar-refractivity contribution in [3.63, 3.8) is 0 Å². The first kappa shape index (κ1) is 12.8. The molecule has 3 rings (SSSR count). The van der Waals surface area contributed by atoms with E-state index in [0.29, 0.717) is 17.6 Å². The summed E-state index contributed by atoms with van der Waals surface area (Å²) in [6.45, 7) is 1.53. The van der Waals surface area contributed by atoms with Gasteiger partial charge in [-0.3, -0.25) is 4.79 Å². The van der Waals surface area contributed by atoms with Gasteiger partial charge >= 0.3 is 5.97 Å². The Morgan fingerprint density at radius 2 is 2.40 bits per heavy atom. The van der Waals surface area contributed by atoms with Crippen molar-refractivity contribution in [3.8, 4) is 0 Å². The molecule has 7 nitrogen and oxygen atoms in total. The molecular weight excluding hydrogens is 265 g/mol. The second kappa shape index (κ2) is 4.39. The van der Waals surface area contributed by atoms with Gasteiger partial charge in [0.2, 0.25) is 0 Å². The van der Waals surface area contributed by atoms with Crippen LogP contribution in [-0.4, -0.2) is 37.8 Å². The van der Waals surface area contributed by atoms with Crippen LogP contribution in [0.1, 0.15) is 13.3 Å². The van der Waals surface area contributed by atoms with Crippen molar-refractivity contribution < 1.29 is 13.9 Å². The first-order valence-corrected chi connectivity index (χ1v) is 6.23. The first-order chi connectivity index (χ1) is 9.49. The minimum atomic E-state index is -1.39. The van der Waals surface area contributed by atoms with E-state index >= 15 is 0 Å². The fourth-order valence-electron chi connectivity index (χ4n) is 2.27. The zero-order chi connectivity index (χ0) is 14.3. The predicted octanol–water partition coefficient (Wildman–Crippen LogP) is 0.700. The standard InChI is InChI=1S/C12H14FN5O2/c1-7(19)20-3-8-2-12(8,13)4-18-6-17-9-10(14)15-5-16-11(9)18/h5-6,8H,2-4H2,1H3,(H2,14,15,16)/t8-,12-/m0/s1. The van der Waals surface area contributed by atoms with Crippen LogP contribution in [0.15, 0.2) is 12.7 Å². The van der Waals surface area contributed by atoms with Crippen molar-refractivity contribution in [1.29, 1.82) is 0 Å². The fraction of sp³-hybridized carbons (Fsp3) is 0.500. The molecule has 0 aromatic carbocycles. The molecule has 1 aliphatic rings. The number of alkyl halides is 1. The summed E-state index contributed by atoms with van der Waals surface area (Å²) in [4.78, 5) is 22.7. The molecule has 0 saturated heterocycles. The molecule has 0 amide bonds. The van der Waals surface area contributed by atoms with E-state index in [0.717, 1.165) is 0 Å². The highest BCUT2D eigenvalue weighted by Crippen LogP contribution is 2.49. The van der Waals surface area contributed by atoms with Gasteiger partial charge in [0.05, 0.1) is 19.5 Å². The van der Waals surface area contributed by atoms with Crippen LogP contribution in [0, 0.1) is 5.92 Å². The van der Waals surface area contributed by atoms with Gasteiger partial charge in [-0.25, -0.2) is 19.3 Å². The van der Waals surface area contributed by atoms with Gasteiger partial charge in [-0.15, -0.1) is 0 Å².